The first-order chi connectivity index (χ1) is 10.6. The van der Waals surface area contributed by atoms with Gasteiger partial charge in [0.2, 0.25) is 0 Å². The molecule has 4 heteroatoms. The second-order valence-corrected chi connectivity index (χ2v) is 6.44. The Labute approximate surface area is 133 Å². The zero-order chi connectivity index (χ0) is 16.0. The number of benzene rings is 1. The molecule has 0 atom stereocenters. The van der Waals surface area contributed by atoms with E-state index < -0.39 is 5.60 Å². The van der Waals surface area contributed by atoms with Gasteiger partial charge in [-0.25, -0.2) is 0 Å². The van der Waals surface area contributed by atoms with Crippen LogP contribution in [0.25, 0.3) is 0 Å². The molecule has 1 aromatic carbocycles. The van der Waals surface area contributed by atoms with Crippen molar-refractivity contribution in [3.8, 4) is 5.75 Å². The zero-order valence-electron chi connectivity index (χ0n) is 13.9. The summed E-state index contributed by atoms with van der Waals surface area (Å²) in [5.41, 5.74) is 0.120. The molecule has 1 aliphatic carbocycles. The van der Waals surface area contributed by atoms with E-state index in [1.165, 1.54) is 6.42 Å². The van der Waals surface area contributed by atoms with Crippen LogP contribution in [0.15, 0.2) is 24.3 Å². The average Bonchev–Trinajstić information content (AvgIpc) is 2.54. The molecule has 1 amide bonds. The Morgan fingerprint density at radius 1 is 1.18 bits per heavy atom. The third kappa shape index (κ3) is 4.23. The van der Waals surface area contributed by atoms with Crippen LogP contribution in [0.5, 0.6) is 5.75 Å². The van der Waals surface area contributed by atoms with E-state index >= 15 is 0 Å². The Morgan fingerprint density at radius 2 is 1.82 bits per heavy atom. The molecule has 4 nitrogen and oxygen atoms in total. The summed E-state index contributed by atoms with van der Waals surface area (Å²) in [4.78, 5) is 12.6. The molecule has 2 rings (SSSR count). The van der Waals surface area contributed by atoms with Gasteiger partial charge in [0.05, 0.1) is 6.61 Å². The quantitative estimate of drug-likeness (QED) is 0.864. The molecule has 122 valence electrons. The fourth-order valence-electron chi connectivity index (χ4n) is 2.79. The molecule has 0 aliphatic heterocycles. The van der Waals surface area contributed by atoms with Gasteiger partial charge in [-0.05, 0) is 43.0 Å². The second-order valence-electron chi connectivity index (χ2n) is 6.44. The molecule has 0 heterocycles. The third-order valence-corrected chi connectivity index (χ3v) is 4.16. The summed E-state index contributed by atoms with van der Waals surface area (Å²) in [5.74, 6) is 1.28. The number of anilines is 1. The fraction of sp³-hybridized carbons (Fsp3) is 0.611. The summed E-state index contributed by atoms with van der Waals surface area (Å²) in [6.45, 7) is 4.92. The lowest BCUT2D eigenvalue weighted by molar-refractivity contribution is -0.141. The molecule has 0 bridgehead atoms. The summed E-state index contributed by atoms with van der Waals surface area (Å²) in [7, 11) is 1.63. The summed E-state index contributed by atoms with van der Waals surface area (Å²) < 4.78 is 11.2. The van der Waals surface area contributed by atoms with Crippen molar-refractivity contribution in [2.24, 2.45) is 5.92 Å². The summed E-state index contributed by atoms with van der Waals surface area (Å²) in [5, 5.41) is 2.98. The Kier molecular flexibility index (Phi) is 5.83. The fourth-order valence-corrected chi connectivity index (χ4v) is 2.79. The van der Waals surface area contributed by atoms with E-state index in [1.807, 2.05) is 24.3 Å². The molecule has 1 aliphatic rings. The van der Waals surface area contributed by atoms with Crippen molar-refractivity contribution >= 4 is 11.6 Å². The van der Waals surface area contributed by atoms with Crippen LogP contribution in [0.2, 0.25) is 0 Å². The molecule has 0 unspecified atom stereocenters. The van der Waals surface area contributed by atoms with Crippen molar-refractivity contribution in [1.82, 2.24) is 0 Å². The first-order valence-electron chi connectivity index (χ1n) is 8.15. The first kappa shape index (κ1) is 16.8. The molecule has 0 aromatic heterocycles. The monoisotopic (exact) mass is 305 g/mol. The lowest BCUT2D eigenvalue weighted by Crippen LogP contribution is -2.46. The number of amides is 1. The zero-order valence-corrected chi connectivity index (χ0v) is 13.9. The number of carbonyl (C=O) groups excluding carboxylic acids is 1. The van der Waals surface area contributed by atoms with Crippen LogP contribution < -0.4 is 10.1 Å². The maximum absolute atomic E-state index is 12.6. The number of carbonyl (C=O) groups is 1. The van der Waals surface area contributed by atoms with Gasteiger partial charge in [0.25, 0.3) is 5.91 Å². The maximum Gasteiger partial charge on any atom is 0.256 e. The lowest BCUT2D eigenvalue weighted by Gasteiger charge is -2.34. The van der Waals surface area contributed by atoms with Crippen LogP contribution in [0.3, 0.4) is 0 Å². The van der Waals surface area contributed by atoms with Crippen LogP contribution >= 0.6 is 0 Å². The van der Waals surface area contributed by atoms with Crippen molar-refractivity contribution in [3.63, 3.8) is 0 Å². The Bertz CT molecular complexity index is 476. The standard InChI is InChI=1S/C18H27NO3/c1-14(2)13-22-16-9-7-15(8-10-16)19-17(20)18(21-3)11-5-4-6-12-18/h7-10,14H,4-6,11-13H2,1-3H3,(H,19,20). The SMILES string of the molecule is COC1(C(=O)Nc2ccc(OCC(C)C)cc2)CCCCC1. The van der Waals surface area contributed by atoms with E-state index in [9.17, 15) is 4.79 Å². The predicted molar refractivity (Wildman–Crippen MR) is 88.2 cm³/mol. The molecular weight excluding hydrogens is 278 g/mol. The summed E-state index contributed by atoms with van der Waals surface area (Å²) in [6.07, 6.45) is 4.86. The van der Waals surface area contributed by atoms with E-state index in [4.69, 9.17) is 9.47 Å². The van der Waals surface area contributed by atoms with Gasteiger partial charge in [-0.1, -0.05) is 33.1 Å². The molecular formula is C18H27NO3. The van der Waals surface area contributed by atoms with Crippen LogP contribution in [0, 0.1) is 5.92 Å². The number of hydrogen-bond donors (Lipinski definition) is 1. The Hall–Kier alpha value is -1.55. The van der Waals surface area contributed by atoms with Crippen molar-refractivity contribution in [2.75, 3.05) is 19.0 Å². The van der Waals surface area contributed by atoms with Gasteiger partial charge < -0.3 is 14.8 Å². The van der Waals surface area contributed by atoms with Gasteiger partial charge >= 0.3 is 0 Å². The third-order valence-electron chi connectivity index (χ3n) is 4.16. The van der Waals surface area contributed by atoms with E-state index in [1.54, 1.807) is 7.11 Å². The molecule has 1 fully saturated rings. The molecule has 22 heavy (non-hydrogen) atoms. The second kappa shape index (κ2) is 7.63. The van der Waals surface area contributed by atoms with Gasteiger partial charge in [-0.15, -0.1) is 0 Å². The largest absolute Gasteiger partial charge is 0.493 e. The van der Waals surface area contributed by atoms with Gasteiger partial charge in [0, 0.05) is 12.8 Å². The van der Waals surface area contributed by atoms with Crippen molar-refractivity contribution < 1.29 is 14.3 Å². The highest BCUT2D eigenvalue weighted by molar-refractivity contribution is 5.97. The topological polar surface area (TPSA) is 47.6 Å². The maximum atomic E-state index is 12.6. The highest BCUT2D eigenvalue weighted by atomic mass is 16.5. The average molecular weight is 305 g/mol. The number of hydrogen-bond acceptors (Lipinski definition) is 3. The smallest absolute Gasteiger partial charge is 0.256 e. The number of rotatable bonds is 6. The number of methoxy groups -OCH3 is 1. The highest BCUT2D eigenvalue weighted by Gasteiger charge is 2.39. The van der Waals surface area contributed by atoms with Crippen LogP contribution in [0.4, 0.5) is 5.69 Å². The van der Waals surface area contributed by atoms with Gasteiger partial charge in [0.15, 0.2) is 0 Å². The van der Waals surface area contributed by atoms with Crippen LogP contribution in [-0.2, 0) is 9.53 Å². The van der Waals surface area contributed by atoms with Crippen molar-refractivity contribution in [1.29, 1.82) is 0 Å². The molecule has 0 spiro atoms. The molecule has 1 N–H and O–H groups in total. The van der Waals surface area contributed by atoms with E-state index in [-0.39, 0.29) is 5.91 Å². The van der Waals surface area contributed by atoms with Crippen LogP contribution in [-0.4, -0.2) is 25.2 Å². The van der Waals surface area contributed by atoms with Crippen molar-refractivity contribution in [2.45, 2.75) is 51.6 Å². The van der Waals surface area contributed by atoms with E-state index in [2.05, 4.69) is 19.2 Å². The number of ether oxygens (including phenoxy) is 2. The van der Waals surface area contributed by atoms with Gasteiger partial charge in [-0.3, -0.25) is 4.79 Å². The first-order valence-corrected chi connectivity index (χ1v) is 8.15. The molecule has 1 aromatic rings. The molecule has 0 saturated heterocycles. The normalized spacial score (nSPS) is 17.3. The summed E-state index contributed by atoms with van der Waals surface area (Å²) >= 11 is 0. The predicted octanol–water partition coefficient (Wildman–Crippen LogP) is 4.01. The van der Waals surface area contributed by atoms with Crippen LogP contribution in [0.1, 0.15) is 46.0 Å². The summed E-state index contributed by atoms with van der Waals surface area (Å²) in [6, 6.07) is 7.52. The minimum absolute atomic E-state index is 0.0365. The van der Waals surface area contributed by atoms with Gasteiger partial charge in [0.1, 0.15) is 11.4 Å². The lowest BCUT2D eigenvalue weighted by atomic mass is 9.84. The highest BCUT2D eigenvalue weighted by Crippen LogP contribution is 2.32. The minimum atomic E-state index is -0.662. The molecule has 1 saturated carbocycles. The van der Waals surface area contributed by atoms with E-state index in [0.717, 1.165) is 37.1 Å². The van der Waals surface area contributed by atoms with Gasteiger partial charge in [-0.2, -0.15) is 0 Å². The number of nitrogens with one attached hydrogen (secondary N) is 1. The Balaban J connectivity index is 1.96. The Morgan fingerprint density at radius 3 is 2.36 bits per heavy atom. The van der Waals surface area contributed by atoms with E-state index in [0.29, 0.717) is 12.5 Å². The minimum Gasteiger partial charge on any atom is -0.493 e. The molecule has 0 radical (unpaired) electrons. The van der Waals surface area contributed by atoms with Crippen molar-refractivity contribution in [3.05, 3.63) is 24.3 Å².